The number of aromatic nitrogens is 2. The third-order valence-electron chi connectivity index (χ3n) is 4.29. The minimum absolute atomic E-state index is 0. The summed E-state index contributed by atoms with van der Waals surface area (Å²) in [5, 5.41) is 6.63. The molecule has 148 valence electrons. The Morgan fingerprint density at radius 3 is 2.29 bits per heavy atom. The minimum Gasteiger partial charge on any atom is -0.355 e. The molecule has 28 heavy (non-hydrogen) atoms. The van der Waals surface area contributed by atoms with E-state index >= 15 is 0 Å². The van der Waals surface area contributed by atoms with E-state index in [4.69, 9.17) is 0 Å². The maximum atomic E-state index is 11.8. The van der Waals surface area contributed by atoms with Crippen LogP contribution in [0.2, 0.25) is 0 Å². The lowest BCUT2D eigenvalue weighted by Crippen LogP contribution is -2.38. The third kappa shape index (κ3) is 6.56. The van der Waals surface area contributed by atoms with Gasteiger partial charge in [0.25, 0.3) is 5.56 Å². The zero-order chi connectivity index (χ0) is 18.9. The molecule has 1 aromatic carbocycles. The van der Waals surface area contributed by atoms with Crippen LogP contribution in [-0.4, -0.2) is 28.7 Å². The molecule has 0 aliphatic rings. The largest absolute Gasteiger partial charge is 0.355 e. The van der Waals surface area contributed by atoms with Crippen molar-refractivity contribution in [1.29, 1.82) is 0 Å². The molecule has 0 unspecified atom stereocenters. The maximum absolute atomic E-state index is 11.8. The molecule has 0 bridgehead atoms. The second-order valence-corrected chi connectivity index (χ2v) is 6.26. The Hall–Kier alpha value is -2.55. The first kappa shape index (κ1) is 21.7. The molecule has 0 radical (unpaired) electrons. The van der Waals surface area contributed by atoms with Crippen LogP contribution in [-0.2, 0) is 19.6 Å². The second kappa shape index (κ2) is 11.3. The van der Waals surface area contributed by atoms with Crippen molar-refractivity contribution in [2.75, 3.05) is 13.6 Å². The lowest BCUT2D eigenvalue weighted by atomic mass is 10.1. The van der Waals surface area contributed by atoms with Crippen molar-refractivity contribution in [3.05, 3.63) is 94.7 Å². The molecule has 3 aromatic rings. The Morgan fingerprint density at radius 2 is 1.61 bits per heavy atom. The quantitative estimate of drug-likeness (QED) is 0.304. The van der Waals surface area contributed by atoms with Gasteiger partial charge in [-0.2, -0.15) is 0 Å². The molecule has 0 saturated carbocycles. The van der Waals surface area contributed by atoms with Gasteiger partial charge in [0, 0.05) is 51.3 Å². The van der Waals surface area contributed by atoms with Gasteiger partial charge in [-0.25, -0.2) is 0 Å². The molecule has 0 aliphatic heterocycles. The van der Waals surface area contributed by atoms with Gasteiger partial charge in [0.05, 0.1) is 6.54 Å². The van der Waals surface area contributed by atoms with E-state index in [1.54, 1.807) is 29.9 Å². The number of aliphatic imine (C=N–C) groups is 1. The molecule has 0 fully saturated rings. The van der Waals surface area contributed by atoms with Crippen LogP contribution >= 0.6 is 24.0 Å². The molecule has 7 heteroatoms. The van der Waals surface area contributed by atoms with Crippen molar-refractivity contribution in [3.8, 4) is 0 Å². The van der Waals surface area contributed by atoms with Crippen molar-refractivity contribution in [2.45, 2.75) is 19.6 Å². The number of hydrogen-bond donors (Lipinski definition) is 2. The molecule has 0 amide bonds. The summed E-state index contributed by atoms with van der Waals surface area (Å²) in [6.45, 7) is 2.96. The van der Waals surface area contributed by atoms with Crippen molar-refractivity contribution in [2.24, 2.45) is 4.99 Å². The summed E-state index contributed by atoms with van der Waals surface area (Å²) >= 11 is 0. The second-order valence-electron chi connectivity index (χ2n) is 6.26. The van der Waals surface area contributed by atoms with E-state index in [-0.39, 0.29) is 29.5 Å². The number of guanidine groups is 1. The van der Waals surface area contributed by atoms with Crippen LogP contribution in [0.5, 0.6) is 0 Å². The molecule has 0 spiro atoms. The summed E-state index contributed by atoms with van der Waals surface area (Å²) in [4.78, 5) is 16.0. The number of rotatable bonds is 7. The Morgan fingerprint density at radius 1 is 0.929 bits per heavy atom. The van der Waals surface area contributed by atoms with Crippen LogP contribution in [0.1, 0.15) is 11.1 Å². The van der Waals surface area contributed by atoms with E-state index in [9.17, 15) is 4.79 Å². The SMILES string of the molecule is CN=C(NCCn1cccc1)NCc1ccc(Cn2ccccc2=O)cc1.I. The van der Waals surface area contributed by atoms with E-state index in [1.165, 1.54) is 0 Å². The zero-order valence-electron chi connectivity index (χ0n) is 15.9. The highest BCUT2D eigenvalue weighted by molar-refractivity contribution is 14.0. The number of pyridine rings is 1. The highest BCUT2D eigenvalue weighted by Gasteiger charge is 2.00. The van der Waals surface area contributed by atoms with Crippen molar-refractivity contribution < 1.29 is 0 Å². The lowest BCUT2D eigenvalue weighted by molar-refractivity contribution is 0.665. The van der Waals surface area contributed by atoms with Crippen LogP contribution in [0, 0.1) is 0 Å². The van der Waals surface area contributed by atoms with Crippen molar-refractivity contribution in [1.82, 2.24) is 19.8 Å². The van der Waals surface area contributed by atoms with E-state index in [0.29, 0.717) is 13.1 Å². The summed E-state index contributed by atoms with van der Waals surface area (Å²) in [6, 6.07) is 17.5. The molecule has 0 aliphatic carbocycles. The van der Waals surface area contributed by atoms with E-state index in [1.807, 2.05) is 30.6 Å². The number of nitrogens with one attached hydrogen (secondary N) is 2. The summed E-state index contributed by atoms with van der Waals surface area (Å²) in [7, 11) is 1.77. The van der Waals surface area contributed by atoms with Gasteiger partial charge in [0.15, 0.2) is 5.96 Å². The average Bonchev–Trinajstić information content (AvgIpc) is 3.21. The Balaban J connectivity index is 0.00000280. The fourth-order valence-electron chi connectivity index (χ4n) is 2.78. The first-order valence-corrected chi connectivity index (χ1v) is 9.03. The molecule has 0 atom stereocenters. The van der Waals surface area contributed by atoms with E-state index < -0.39 is 0 Å². The van der Waals surface area contributed by atoms with Crippen LogP contribution in [0.3, 0.4) is 0 Å². The lowest BCUT2D eigenvalue weighted by Gasteiger charge is -2.13. The fraction of sp³-hybridized carbons (Fsp3) is 0.238. The molecule has 6 nitrogen and oxygen atoms in total. The van der Waals surface area contributed by atoms with Crippen molar-refractivity contribution >= 4 is 29.9 Å². The maximum Gasteiger partial charge on any atom is 0.250 e. The number of nitrogens with zero attached hydrogens (tertiary/aromatic N) is 3. The van der Waals surface area contributed by atoms with E-state index in [0.717, 1.165) is 30.2 Å². The van der Waals surface area contributed by atoms with Crippen LogP contribution in [0.15, 0.2) is 83.0 Å². The molecule has 0 saturated heterocycles. The fourth-order valence-corrected chi connectivity index (χ4v) is 2.78. The van der Waals surface area contributed by atoms with Gasteiger partial charge in [-0.15, -0.1) is 24.0 Å². The van der Waals surface area contributed by atoms with Crippen LogP contribution in [0.25, 0.3) is 0 Å². The number of benzene rings is 1. The van der Waals surface area contributed by atoms with Gasteiger partial charge in [-0.1, -0.05) is 30.3 Å². The highest BCUT2D eigenvalue weighted by atomic mass is 127. The Kier molecular flexibility index (Phi) is 8.80. The zero-order valence-corrected chi connectivity index (χ0v) is 18.2. The van der Waals surface area contributed by atoms with Gasteiger partial charge < -0.3 is 19.8 Å². The topological polar surface area (TPSA) is 63.4 Å². The standard InChI is InChI=1S/C21H25N5O.HI/c1-22-21(23-11-15-25-12-4-5-13-25)24-16-18-7-9-19(10-8-18)17-26-14-3-2-6-20(26)27;/h2-10,12-14H,11,15-17H2,1H3,(H2,22,23,24);1H. The third-order valence-corrected chi connectivity index (χ3v) is 4.29. The summed E-state index contributed by atoms with van der Waals surface area (Å²) in [5.74, 6) is 0.780. The molecular weight excluding hydrogens is 465 g/mol. The normalized spacial score (nSPS) is 11.0. The summed E-state index contributed by atoms with van der Waals surface area (Å²) in [6.07, 6.45) is 5.90. The van der Waals surface area contributed by atoms with Gasteiger partial charge in [-0.05, 0) is 29.3 Å². The van der Waals surface area contributed by atoms with E-state index in [2.05, 4.69) is 44.5 Å². The number of halogens is 1. The first-order chi connectivity index (χ1) is 13.2. The molecular formula is C21H26IN5O. The van der Waals surface area contributed by atoms with Gasteiger partial charge in [-0.3, -0.25) is 9.79 Å². The molecule has 2 heterocycles. The molecule has 2 aromatic heterocycles. The predicted molar refractivity (Wildman–Crippen MR) is 124 cm³/mol. The highest BCUT2D eigenvalue weighted by Crippen LogP contribution is 2.05. The van der Waals surface area contributed by atoms with Gasteiger partial charge in [0.1, 0.15) is 0 Å². The van der Waals surface area contributed by atoms with Crippen LogP contribution in [0.4, 0.5) is 0 Å². The minimum atomic E-state index is 0. The Labute approximate surface area is 182 Å². The first-order valence-electron chi connectivity index (χ1n) is 9.03. The van der Waals surface area contributed by atoms with Crippen molar-refractivity contribution in [3.63, 3.8) is 0 Å². The summed E-state index contributed by atoms with van der Waals surface area (Å²) in [5.41, 5.74) is 2.27. The number of hydrogen-bond acceptors (Lipinski definition) is 2. The predicted octanol–water partition coefficient (Wildman–Crippen LogP) is 2.68. The smallest absolute Gasteiger partial charge is 0.250 e. The van der Waals surface area contributed by atoms with Gasteiger partial charge >= 0.3 is 0 Å². The Bertz CT molecular complexity index is 916. The average molecular weight is 491 g/mol. The van der Waals surface area contributed by atoms with Gasteiger partial charge in [0.2, 0.25) is 0 Å². The van der Waals surface area contributed by atoms with Crippen LogP contribution < -0.4 is 16.2 Å². The molecule has 3 rings (SSSR count). The monoisotopic (exact) mass is 491 g/mol. The summed E-state index contributed by atoms with van der Waals surface area (Å²) < 4.78 is 3.82. The molecule has 2 N–H and O–H groups in total.